The van der Waals surface area contributed by atoms with Gasteiger partial charge in [0.05, 0.1) is 12.6 Å². The van der Waals surface area contributed by atoms with Crippen LogP contribution in [0.2, 0.25) is 0 Å². The molecule has 3 aromatic rings. The van der Waals surface area contributed by atoms with Crippen molar-refractivity contribution in [2.45, 2.75) is 0 Å². The number of methoxy groups -OCH3 is 1. The second-order valence-electron chi connectivity index (χ2n) is 4.41. The predicted molar refractivity (Wildman–Crippen MR) is 79.5 cm³/mol. The molecule has 2 aromatic heterocycles. The standard InChI is InChI=1S/C16H13N3O2/c1-21-15(20)10-9-12-6-2-3-7-13(12)16-14-8-4-5-11-19(14)18-17-16/h2-11H,1H3/b10-9+. The van der Waals surface area contributed by atoms with E-state index < -0.39 is 5.97 Å². The number of rotatable bonds is 3. The Bertz CT molecular complexity index is 821. The number of fused-ring (bicyclic) bond motifs is 1. The number of carbonyl (C=O) groups is 1. The van der Waals surface area contributed by atoms with E-state index >= 15 is 0 Å². The highest BCUT2D eigenvalue weighted by molar-refractivity contribution is 5.90. The normalized spacial score (nSPS) is 11.1. The zero-order valence-electron chi connectivity index (χ0n) is 11.4. The van der Waals surface area contributed by atoms with Crippen LogP contribution in [0.15, 0.2) is 54.7 Å². The van der Waals surface area contributed by atoms with Crippen LogP contribution in [0.5, 0.6) is 0 Å². The number of benzene rings is 1. The molecule has 0 amide bonds. The lowest BCUT2D eigenvalue weighted by atomic mass is 10.0. The van der Waals surface area contributed by atoms with Gasteiger partial charge in [0.15, 0.2) is 0 Å². The van der Waals surface area contributed by atoms with E-state index in [0.29, 0.717) is 0 Å². The van der Waals surface area contributed by atoms with E-state index in [-0.39, 0.29) is 0 Å². The second kappa shape index (κ2) is 5.58. The molecule has 0 saturated heterocycles. The lowest BCUT2D eigenvalue weighted by molar-refractivity contribution is -0.134. The van der Waals surface area contributed by atoms with Gasteiger partial charge in [-0.2, -0.15) is 0 Å². The van der Waals surface area contributed by atoms with E-state index in [0.717, 1.165) is 22.3 Å². The minimum atomic E-state index is -0.391. The SMILES string of the molecule is COC(=O)/C=C/c1ccccc1-c1nnn2ccccc12. The number of nitrogens with zero attached hydrogens (tertiary/aromatic N) is 3. The first-order valence-corrected chi connectivity index (χ1v) is 6.45. The summed E-state index contributed by atoms with van der Waals surface area (Å²) in [5, 5.41) is 8.33. The Labute approximate surface area is 121 Å². The van der Waals surface area contributed by atoms with E-state index in [1.807, 2.05) is 48.7 Å². The highest BCUT2D eigenvalue weighted by Crippen LogP contribution is 2.26. The number of hydrogen-bond donors (Lipinski definition) is 0. The number of esters is 1. The number of pyridine rings is 1. The van der Waals surface area contributed by atoms with Gasteiger partial charge in [-0.25, -0.2) is 9.31 Å². The van der Waals surface area contributed by atoms with Crippen LogP contribution in [0.3, 0.4) is 0 Å². The monoisotopic (exact) mass is 279 g/mol. The molecular weight excluding hydrogens is 266 g/mol. The van der Waals surface area contributed by atoms with Crippen molar-refractivity contribution in [3.8, 4) is 11.3 Å². The molecule has 0 unspecified atom stereocenters. The summed E-state index contributed by atoms with van der Waals surface area (Å²) in [6.45, 7) is 0. The molecule has 21 heavy (non-hydrogen) atoms. The van der Waals surface area contributed by atoms with Crippen LogP contribution in [0, 0.1) is 0 Å². The lowest BCUT2D eigenvalue weighted by Gasteiger charge is -2.03. The van der Waals surface area contributed by atoms with E-state index in [9.17, 15) is 4.79 Å². The maximum absolute atomic E-state index is 11.3. The third-order valence-corrected chi connectivity index (χ3v) is 3.14. The summed E-state index contributed by atoms with van der Waals surface area (Å²) in [4.78, 5) is 11.3. The van der Waals surface area contributed by atoms with Gasteiger partial charge in [0.1, 0.15) is 5.69 Å². The fraction of sp³-hybridized carbons (Fsp3) is 0.0625. The molecule has 2 heterocycles. The van der Waals surface area contributed by atoms with Crippen LogP contribution in [0.25, 0.3) is 22.9 Å². The topological polar surface area (TPSA) is 56.5 Å². The van der Waals surface area contributed by atoms with E-state index in [1.54, 1.807) is 10.6 Å². The first-order valence-electron chi connectivity index (χ1n) is 6.45. The Kier molecular flexibility index (Phi) is 3.47. The summed E-state index contributed by atoms with van der Waals surface area (Å²) in [5.41, 5.74) is 3.49. The molecule has 5 heteroatoms. The maximum Gasteiger partial charge on any atom is 0.330 e. The van der Waals surface area contributed by atoms with Gasteiger partial charge in [0, 0.05) is 17.8 Å². The Balaban J connectivity index is 2.11. The average molecular weight is 279 g/mol. The fourth-order valence-electron chi connectivity index (χ4n) is 2.12. The molecule has 0 spiro atoms. The molecule has 104 valence electrons. The molecular formula is C16H13N3O2. The van der Waals surface area contributed by atoms with Crippen LogP contribution in [0.1, 0.15) is 5.56 Å². The zero-order chi connectivity index (χ0) is 14.7. The minimum Gasteiger partial charge on any atom is -0.466 e. The predicted octanol–water partition coefficient (Wildman–Crippen LogP) is 2.58. The highest BCUT2D eigenvalue weighted by atomic mass is 16.5. The fourth-order valence-corrected chi connectivity index (χ4v) is 2.12. The second-order valence-corrected chi connectivity index (χ2v) is 4.41. The van der Waals surface area contributed by atoms with E-state index in [4.69, 9.17) is 0 Å². The third kappa shape index (κ3) is 2.53. The van der Waals surface area contributed by atoms with Crippen LogP contribution in [0.4, 0.5) is 0 Å². The zero-order valence-corrected chi connectivity index (χ0v) is 11.4. The number of aromatic nitrogens is 3. The van der Waals surface area contributed by atoms with Crippen molar-refractivity contribution in [1.82, 2.24) is 14.8 Å². The first-order chi connectivity index (χ1) is 10.3. The molecule has 0 atom stereocenters. The van der Waals surface area contributed by atoms with Gasteiger partial charge >= 0.3 is 5.97 Å². The van der Waals surface area contributed by atoms with Crippen molar-refractivity contribution in [3.05, 3.63) is 60.3 Å². The molecule has 5 nitrogen and oxygen atoms in total. The summed E-state index contributed by atoms with van der Waals surface area (Å²) in [7, 11) is 1.35. The maximum atomic E-state index is 11.3. The smallest absolute Gasteiger partial charge is 0.330 e. The van der Waals surface area contributed by atoms with E-state index in [2.05, 4.69) is 15.0 Å². The molecule has 0 aliphatic rings. The van der Waals surface area contributed by atoms with Crippen molar-refractivity contribution in [3.63, 3.8) is 0 Å². The van der Waals surface area contributed by atoms with Crippen LogP contribution in [-0.4, -0.2) is 27.9 Å². The van der Waals surface area contributed by atoms with Crippen LogP contribution >= 0.6 is 0 Å². The Morgan fingerprint density at radius 1 is 1.19 bits per heavy atom. The van der Waals surface area contributed by atoms with Gasteiger partial charge < -0.3 is 4.74 Å². The van der Waals surface area contributed by atoms with Gasteiger partial charge in [0.25, 0.3) is 0 Å². The molecule has 0 aliphatic carbocycles. The molecule has 0 saturated carbocycles. The van der Waals surface area contributed by atoms with Crippen molar-refractivity contribution < 1.29 is 9.53 Å². The van der Waals surface area contributed by atoms with Crippen LogP contribution in [-0.2, 0) is 9.53 Å². The van der Waals surface area contributed by atoms with Crippen molar-refractivity contribution in [2.24, 2.45) is 0 Å². The van der Waals surface area contributed by atoms with Gasteiger partial charge in [-0.05, 0) is 23.8 Å². The number of carbonyl (C=O) groups excluding carboxylic acids is 1. The third-order valence-electron chi connectivity index (χ3n) is 3.14. The van der Waals surface area contributed by atoms with Gasteiger partial charge in [-0.15, -0.1) is 5.10 Å². The molecule has 0 N–H and O–H groups in total. The van der Waals surface area contributed by atoms with Gasteiger partial charge in [0.2, 0.25) is 0 Å². The minimum absolute atomic E-state index is 0.391. The summed E-state index contributed by atoms with van der Waals surface area (Å²) >= 11 is 0. The molecule has 0 radical (unpaired) electrons. The molecule has 0 aliphatic heterocycles. The summed E-state index contributed by atoms with van der Waals surface area (Å²) in [6, 6.07) is 13.5. The van der Waals surface area contributed by atoms with Gasteiger partial charge in [-0.1, -0.05) is 35.5 Å². The van der Waals surface area contributed by atoms with Crippen molar-refractivity contribution in [2.75, 3.05) is 7.11 Å². The quantitative estimate of drug-likeness (QED) is 0.546. The van der Waals surface area contributed by atoms with Crippen molar-refractivity contribution in [1.29, 1.82) is 0 Å². The molecule has 3 rings (SSSR count). The largest absolute Gasteiger partial charge is 0.466 e. The number of hydrogen-bond acceptors (Lipinski definition) is 4. The Morgan fingerprint density at radius 3 is 2.86 bits per heavy atom. The number of ether oxygens (including phenoxy) is 1. The van der Waals surface area contributed by atoms with Crippen molar-refractivity contribution >= 4 is 17.6 Å². The molecule has 0 bridgehead atoms. The van der Waals surface area contributed by atoms with Crippen LogP contribution < -0.4 is 0 Å². The molecule has 1 aromatic carbocycles. The highest BCUT2D eigenvalue weighted by Gasteiger charge is 2.10. The first kappa shape index (κ1) is 13.1. The summed E-state index contributed by atoms with van der Waals surface area (Å²) in [6.07, 6.45) is 4.96. The Morgan fingerprint density at radius 2 is 2.00 bits per heavy atom. The molecule has 0 fully saturated rings. The summed E-state index contributed by atoms with van der Waals surface area (Å²) in [5.74, 6) is -0.391. The summed E-state index contributed by atoms with van der Waals surface area (Å²) < 4.78 is 6.33. The van der Waals surface area contributed by atoms with Gasteiger partial charge in [-0.3, -0.25) is 0 Å². The average Bonchev–Trinajstić information content (AvgIpc) is 2.96. The lowest BCUT2D eigenvalue weighted by Crippen LogP contribution is -1.93. The van der Waals surface area contributed by atoms with E-state index in [1.165, 1.54) is 13.2 Å². The Hall–Kier alpha value is -2.95.